The van der Waals surface area contributed by atoms with Crippen molar-refractivity contribution in [3.8, 4) is 0 Å². The third-order valence-electron chi connectivity index (χ3n) is 6.04. The lowest BCUT2D eigenvalue weighted by Crippen LogP contribution is -2.38. The van der Waals surface area contributed by atoms with Crippen molar-refractivity contribution in [3.63, 3.8) is 0 Å². The van der Waals surface area contributed by atoms with Crippen LogP contribution in [-0.4, -0.2) is 77.1 Å². The van der Waals surface area contributed by atoms with E-state index in [2.05, 4.69) is 20.1 Å². The monoisotopic (exact) mass is 462 g/mol. The largest absolute Gasteiger partial charge is 0.477 e. The summed E-state index contributed by atoms with van der Waals surface area (Å²) in [5.74, 6) is 1.61. The second-order valence-corrected chi connectivity index (χ2v) is 9.37. The minimum Gasteiger partial charge on any atom is -0.477 e. The van der Waals surface area contributed by atoms with Gasteiger partial charge in [0.05, 0.1) is 11.8 Å². The summed E-state index contributed by atoms with van der Waals surface area (Å²) in [5, 5.41) is 22.8. The second kappa shape index (κ2) is 9.97. The number of anilines is 4. The van der Waals surface area contributed by atoms with Crippen LogP contribution >= 0.6 is 11.3 Å². The highest BCUT2D eigenvalue weighted by atomic mass is 32.1. The molecule has 0 unspecified atom stereocenters. The Morgan fingerprint density at radius 3 is 2.25 bits per heavy atom. The van der Waals surface area contributed by atoms with Crippen LogP contribution in [-0.2, 0) is 4.74 Å². The predicted octanol–water partition coefficient (Wildman–Crippen LogP) is 2.51. The molecule has 32 heavy (non-hydrogen) atoms. The number of aromatic nitrogens is 3. The molecule has 2 saturated heterocycles. The van der Waals surface area contributed by atoms with E-state index in [0.29, 0.717) is 35.5 Å². The number of hydrogen-bond donors (Lipinski definition) is 3. The summed E-state index contributed by atoms with van der Waals surface area (Å²) in [4.78, 5) is 29.8. The maximum atomic E-state index is 11.4. The van der Waals surface area contributed by atoms with E-state index in [0.717, 1.165) is 68.6 Å². The normalized spacial score (nSPS) is 18.2. The van der Waals surface area contributed by atoms with Gasteiger partial charge in [0.1, 0.15) is 16.5 Å². The van der Waals surface area contributed by atoms with Crippen LogP contribution in [0.1, 0.15) is 41.0 Å². The van der Waals surface area contributed by atoms with E-state index < -0.39 is 5.97 Å². The number of carbonyl (C=O) groups is 1. The van der Waals surface area contributed by atoms with E-state index in [9.17, 15) is 15.0 Å². The van der Waals surface area contributed by atoms with Crippen molar-refractivity contribution >= 4 is 40.0 Å². The van der Waals surface area contributed by atoms with Gasteiger partial charge in [-0.2, -0.15) is 9.97 Å². The molecule has 4 rings (SSSR count). The molecule has 0 radical (unpaired) electrons. The lowest BCUT2D eigenvalue weighted by Gasteiger charge is -2.34. The van der Waals surface area contributed by atoms with Crippen molar-refractivity contribution in [3.05, 3.63) is 16.6 Å². The molecule has 2 aliphatic rings. The number of methoxy groups -OCH3 is 1. The molecule has 0 saturated carbocycles. The van der Waals surface area contributed by atoms with Crippen LogP contribution in [0.2, 0.25) is 0 Å². The Morgan fingerprint density at radius 2 is 1.72 bits per heavy atom. The molecule has 0 atom stereocenters. The minimum atomic E-state index is -0.991. The Hall–Kier alpha value is -2.50. The number of hydrogen-bond acceptors (Lipinski definition) is 10. The molecule has 2 fully saturated rings. The Morgan fingerprint density at radius 1 is 1.12 bits per heavy atom. The number of rotatable bonds is 7. The maximum absolute atomic E-state index is 11.4. The zero-order valence-electron chi connectivity index (χ0n) is 18.5. The molecule has 10 nitrogen and oxygen atoms in total. The van der Waals surface area contributed by atoms with Crippen molar-refractivity contribution in [1.29, 1.82) is 0 Å². The van der Waals surface area contributed by atoms with Gasteiger partial charge < -0.3 is 24.7 Å². The number of aromatic carboxylic acids is 1. The van der Waals surface area contributed by atoms with Gasteiger partial charge in [-0.05, 0) is 38.5 Å². The molecule has 0 aliphatic carbocycles. The zero-order valence-corrected chi connectivity index (χ0v) is 19.3. The predicted molar refractivity (Wildman–Crippen MR) is 123 cm³/mol. The molecule has 174 valence electrons. The Labute approximate surface area is 191 Å². The van der Waals surface area contributed by atoms with Gasteiger partial charge in [0.15, 0.2) is 5.13 Å². The standard InChI is InChI=1S/C21H30N6O4S/c1-13-18(19(29)30)32-21(22-13)25-20-23-16(26-7-3-14(4-8-26)12-31-2)11-17(24-20)27-9-5-15(28)6-10-27/h11,14-15,28H,3-10,12H2,1-2H3,(H,29,30)(H,22,23,24,25). The number of aliphatic hydroxyl groups is 1. The van der Waals surface area contributed by atoms with E-state index in [-0.39, 0.29) is 11.0 Å². The number of carboxylic acid groups (broad SMARTS) is 1. The summed E-state index contributed by atoms with van der Waals surface area (Å²) in [7, 11) is 1.74. The number of aryl methyl sites for hydroxylation is 1. The maximum Gasteiger partial charge on any atom is 0.347 e. The second-order valence-electron chi connectivity index (χ2n) is 8.38. The van der Waals surface area contributed by atoms with Gasteiger partial charge in [-0.3, -0.25) is 5.32 Å². The molecule has 0 bridgehead atoms. The van der Waals surface area contributed by atoms with Crippen LogP contribution in [0, 0.1) is 12.8 Å². The molecule has 2 aliphatic heterocycles. The van der Waals surface area contributed by atoms with Crippen LogP contribution in [0.25, 0.3) is 0 Å². The quantitative estimate of drug-likeness (QED) is 0.565. The molecular formula is C21H30N6O4S. The Balaban J connectivity index is 1.59. The van der Waals surface area contributed by atoms with E-state index in [4.69, 9.17) is 14.7 Å². The first-order valence-electron chi connectivity index (χ1n) is 11.0. The fourth-order valence-electron chi connectivity index (χ4n) is 4.21. The molecule has 0 aromatic carbocycles. The van der Waals surface area contributed by atoms with E-state index in [1.54, 1.807) is 14.0 Å². The molecule has 0 amide bonds. The van der Waals surface area contributed by atoms with Gasteiger partial charge >= 0.3 is 5.97 Å². The van der Waals surface area contributed by atoms with Crippen LogP contribution in [0.3, 0.4) is 0 Å². The molecule has 11 heteroatoms. The van der Waals surface area contributed by atoms with Crippen molar-refractivity contribution < 1.29 is 19.7 Å². The summed E-state index contributed by atoms with van der Waals surface area (Å²) >= 11 is 1.08. The minimum absolute atomic E-state index is 0.203. The molecule has 4 heterocycles. The highest BCUT2D eigenvalue weighted by Gasteiger charge is 2.24. The summed E-state index contributed by atoms with van der Waals surface area (Å²) in [5.41, 5.74) is 0.464. The summed E-state index contributed by atoms with van der Waals surface area (Å²) in [6.45, 7) is 5.70. The van der Waals surface area contributed by atoms with Crippen molar-refractivity contribution in [2.45, 2.75) is 38.7 Å². The number of ether oxygens (including phenoxy) is 1. The number of piperidine rings is 2. The highest BCUT2D eigenvalue weighted by Crippen LogP contribution is 2.30. The summed E-state index contributed by atoms with van der Waals surface area (Å²) < 4.78 is 5.31. The smallest absolute Gasteiger partial charge is 0.347 e. The van der Waals surface area contributed by atoms with Gasteiger partial charge in [-0.15, -0.1) is 0 Å². The topological polar surface area (TPSA) is 124 Å². The lowest BCUT2D eigenvalue weighted by molar-refractivity contribution is 0.0701. The van der Waals surface area contributed by atoms with Crippen LogP contribution in [0.5, 0.6) is 0 Å². The first-order chi connectivity index (χ1) is 15.4. The Bertz CT molecular complexity index is 938. The molecule has 0 spiro atoms. The van der Waals surface area contributed by atoms with E-state index >= 15 is 0 Å². The molecular weight excluding hydrogens is 432 g/mol. The number of nitrogens with zero attached hydrogens (tertiary/aromatic N) is 5. The van der Waals surface area contributed by atoms with E-state index in [1.165, 1.54) is 0 Å². The first-order valence-corrected chi connectivity index (χ1v) is 11.8. The van der Waals surface area contributed by atoms with Crippen molar-refractivity contribution in [2.24, 2.45) is 5.92 Å². The van der Waals surface area contributed by atoms with Crippen LogP contribution < -0.4 is 15.1 Å². The van der Waals surface area contributed by atoms with Gasteiger partial charge in [0.2, 0.25) is 5.95 Å². The number of aliphatic hydroxyl groups excluding tert-OH is 1. The molecule has 2 aromatic heterocycles. The van der Waals surface area contributed by atoms with Crippen LogP contribution in [0.4, 0.5) is 22.7 Å². The fraction of sp³-hybridized carbons (Fsp3) is 0.619. The van der Waals surface area contributed by atoms with Gasteiger partial charge in [-0.25, -0.2) is 9.78 Å². The molecule has 3 N–H and O–H groups in total. The average Bonchev–Trinajstić information content (AvgIpc) is 3.15. The van der Waals surface area contributed by atoms with Crippen LogP contribution in [0.15, 0.2) is 6.07 Å². The van der Waals surface area contributed by atoms with Gasteiger partial charge in [0.25, 0.3) is 0 Å². The third-order valence-corrected chi connectivity index (χ3v) is 7.10. The van der Waals surface area contributed by atoms with E-state index in [1.807, 2.05) is 6.07 Å². The van der Waals surface area contributed by atoms with Gasteiger partial charge in [-0.1, -0.05) is 11.3 Å². The lowest BCUT2D eigenvalue weighted by atomic mass is 9.98. The summed E-state index contributed by atoms with van der Waals surface area (Å²) in [6.07, 6.45) is 3.23. The highest BCUT2D eigenvalue weighted by molar-refractivity contribution is 7.17. The number of carboxylic acids is 1. The first kappa shape index (κ1) is 22.7. The Kier molecular flexibility index (Phi) is 7.07. The van der Waals surface area contributed by atoms with Gasteiger partial charge in [0, 0.05) is 46.0 Å². The van der Waals surface area contributed by atoms with Crippen molar-refractivity contribution in [2.75, 3.05) is 55.0 Å². The SMILES string of the molecule is COCC1CCN(c2cc(N3CCC(O)CC3)nc(Nc3nc(C)c(C(=O)O)s3)n2)CC1. The summed E-state index contributed by atoms with van der Waals surface area (Å²) in [6, 6.07) is 2.01. The average molecular weight is 463 g/mol. The fourth-order valence-corrected chi connectivity index (χ4v) is 5.00. The third kappa shape index (κ3) is 5.28. The van der Waals surface area contributed by atoms with Crippen molar-refractivity contribution in [1.82, 2.24) is 15.0 Å². The number of thiazole rings is 1. The number of nitrogens with one attached hydrogen (secondary N) is 1. The molecule has 2 aromatic rings. The zero-order chi connectivity index (χ0) is 22.7.